The van der Waals surface area contributed by atoms with Crippen molar-refractivity contribution in [1.29, 1.82) is 0 Å². The van der Waals surface area contributed by atoms with Gasteiger partial charge in [-0.25, -0.2) is 0 Å². The van der Waals surface area contributed by atoms with Crippen molar-refractivity contribution in [3.8, 4) is 0 Å². The molecule has 2 rings (SSSR count). The van der Waals surface area contributed by atoms with E-state index in [1.54, 1.807) is 17.6 Å². The number of ether oxygens (including phenoxy) is 1. The Hall–Kier alpha value is -1.14. The monoisotopic (exact) mass is 309 g/mol. The topological polar surface area (TPSA) is 45.8 Å². The number of nitrogens with zero attached hydrogens (tertiary/aromatic N) is 1. The van der Waals surface area contributed by atoms with Crippen molar-refractivity contribution < 1.29 is 14.3 Å². The first-order valence-electron chi connectivity index (χ1n) is 7.18. The SMILES string of the molecule is CC(C)N(Cc1ccsc1)CC(O)COCc1ccco1. The number of thiophene rings is 1. The summed E-state index contributed by atoms with van der Waals surface area (Å²) in [5.74, 6) is 0.779. The number of hydrogen-bond acceptors (Lipinski definition) is 5. The van der Waals surface area contributed by atoms with Gasteiger partial charge in [0.1, 0.15) is 12.4 Å². The Kier molecular flexibility index (Phi) is 6.45. The summed E-state index contributed by atoms with van der Waals surface area (Å²) in [5, 5.41) is 14.4. The first-order valence-corrected chi connectivity index (χ1v) is 8.12. The molecule has 21 heavy (non-hydrogen) atoms. The van der Waals surface area contributed by atoms with Crippen LogP contribution in [0.15, 0.2) is 39.6 Å². The molecule has 5 heteroatoms. The molecule has 0 aromatic carbocycles. The van der Waals surface area contributed by atoms with Crippen molar-refractivity contribution in [2.75, 3.05) is 13.2 Å². The lowest BCUT2D eigenvalue weighted by Crippen LogP contribution is -2.38. The van der Waals surface area contributed by atoms with E-state index in [0.717, 1.165) is 12.3 Å². The Morgan fingerprint density at radius 3 is 2.86 bits per heavy atom. The van der Waals surface area contributed by atoms with Gasteiger partial charge < -0.3 is 14.3 Å². The van der Waals surface area contributed by atoms with E-state index in [1.807, 2.05) is 12.1 Å². The van der Waals surface area contributed by atoms with E-state index in [0.29, 0.717) is 25.8 Å². The smallest absolute Gasteiger partial charge is 0.129 e. The summed E-state index contributed by atoms with van der Waals surface area (Å²) in [6.45, 7) is 6.46. The van der Waals surface area contributed by atoms with Gasteiger partial charge >= 0.3 is 0 Å². The van der Waals surface area contributed by atoms with Gasteiger partial charge in [0.2, 0.25) is 0 Å². The molecular formula is C16H23NO3S. The van der Waals surface area contributed by atoms with E-state index in [2.05, 4.69) is 35.6 Å². The van der Waals surface area contributed by atoms with Crippen LogP contribution >= 0.6 is 11.3 Å². The molecule has 2 heterocycles. The Morgan fingerprint density at radius 2 is 2.24 bits per heavy atom. The van der Waals surface area contributed by atoms with Crippen LogP contribution in [0.4, 0.5) is 0 Å². The highest BCUT2D eigenvalue weighted by molar-refractivity contribution is 7.07. The van der Waals surface area contributed by atoms with Crippen LogP contribution in [0, 0.1) is 0 Å². The van der Waals surface area contributed by atoms with Crippen LogP contribution < -0.4 is 0 Å². The summed E-state index contributed by atoms with van der Waals surface area (Å²) in [5.41, 5.74) is 1.29. The van der Waals surface area contributed by atoms with E-state index in [1.165, 1.54) is 5.56 Å². The van der Waals surface area contributed by atoms with Crippen LogP contribution in [0.2, 0.25) is 0 Å². The van der Waals surface area contributed by atoms with Crippen LogP contribution in [-0.4, -0.2) is 35.3 Å². The quantitative estimate of drug-likeness (QED) is 0.773. The third-order valence-electron chi connectivity index (χ3n) is 3.28. The van der Waals surface area contributed by atoms with E-state index in [9.17, 15) is 5.11 Å². The fourth-order valence-corrected chi connectivity index (χ4v) is 2.75. The minimum absolute atomic E-state index is 0.313. The van der Waals surface area contributed by atoms with Crippen LogP contribution in [-0.2, 0) is 17.9 Å². The molecule has 0 bridgehead atoms. The lowest BCUT2D eigenvalue weighted by molar-refractivity contribution is -0.00113. The maximum Gasteiger partial charge on any atom is 0.129 e. The van der Waals surface area contributed by atoms with E-state index >= 15 is 0 Å². The summed E-state index contributed by atoms with van der Waals surface area (Å²) >= 11 is 1.70. The van der Waals surface area contributed by atoms with Crippen molar-refractivity contribution in [2.24, 2.45) is 0 Å². The number of hydrogen-bond donors (Lipinski definition) is 1. The van der Waals surface area contributed by atoms with Crippen LogP contribution in [0.1, 0.15) is 25.2 Å². The van der Waals surface area contributed by atoms with Crippen LogP contribution in [0.25, 0.3) is 0 Å². The molecule has 116 valence electrons. The first kappa shape index (κ1) is 16.2. The Morgan fingerprint density at radius 1 is 1.38 bits per heavy atom. The molecule has 4 nitrogen and oxygen atoms in total. The molecule has 1 unspecified atom stereocenters. The molecule has 0 saturated heterocycles. The molecule has 0 amide bonds. The van der Waals surface area contributed by atoms with E-state index in [4.69, 9.17) is 9.15 Å². The summed E-state index contributed by atoms with van der Waals surface area (Å²) in [7, 11) is 0. The lowest BCUT2D eigenvalue weighted by Gasteiger charge is -2.28. The standard InChI is InChI=1S/C16H23NO3S/c1-13(2)17(8-14-5-7-21-12-14)9-15(18)10-19-11-16-4-3-6-20-16/h3-7,12-13,15,18H,8-11H2,1-2H3. The second-order valence-corrected chi connectivity index (χ2v) is 6.18. The van der Waals surface area contributed by atoms with Crippen molar-refractivity contribution >= 4 is 11.3 Å². The zero-order valence-corrected chi connectivity index (χ0v) is 13.4. The number of aliphatic hydroxyl groups excluding tert-OH is 1. The maximum atomic E-state index is 10.1. The van der Waals surface area contributed by atoms with Crippen molar-refractivity contribution in [3.63, 3.8) is 0 Å². The zero-order valence-electron chi connectivity index (χ0n) is 12.6. The molecule has 0 radical (unpaired) electrons. The minimum Gasteiger partial charge on any atom is -0.467 e. The van der Waals surface area contributed by atoms with Gasteiger partial charge in [0, 0.05) is 19.1 Å². The highest BCUT2D eigenvalue weighted by atomic mass is 32.1. The Balaban J connectivity index is 1.74. The van der Waals surface area contributed by atoms with Crippen LogP contribution in [0.5, 0.6) is 0 Å². The lowest BCUT2D eigenvalue weighted by atomic mass is 10.2. The minimum atomic E-state index is -0.499. The molecular weight excluding hydrogens is 286 g/mol. The molecule has 2 aromatic rings. The predicted octanol–water partition coefficient (Wildman–Crippen LogP) is 3.13. The van der Waals surface area contributed by atoms with Gasteiger partial charge in [0.15, 0.2) is 0 Å². The third-order valence-corrected chi connectivity index (χ3v) is 4.01. The number of furan rings is 1. The molecule has 0 fully saturated rings. The maximum absolute atomic E-state index is 10.1. The molecule has 0 aliphatic carbocycles. The fourth-order valence-electron chi connectivity index (χ4n) is 2.09. The van der Waals surface area contributed by atoms with Gasteiger partial charge in [-0.3, -0.25) is 4.90 Å². The largest absolute Gasteiger partial charge is 0.467 e. The molecule has 1 N–H and O–H groups in total. The van der Waals surface area contributed by atoms with Crippen molar-refractivity contribution in [3.05, 3.63) is 46.5 Å². The second-order valence-electron chi connectivity index (χ2n) is 5.40. The summed E-state index contributed by atoms with van der Waals surface area (Å²) < 4.78 is 10.7. The zero-order chi connectivity index (χ0) is 15.1. The highest BCUT2D eigenvalue weighted by Gasteiger charge is 2.15. The van der Waals surface area contributed by atoms with Gasteiger partial charge in [-0.05, 0) is 48.4 Å². The summed E-state index contributed by atoms with van der Waals surface area (Å²) in [4.78, 5) is 2.25. The fraction of sp³-hybridized carbons (Fsp3) is 0.500. The molecule has 0 saturated carbocycles. The first-order chi connectivity index (χ1) is 10.1. The third kappa shape index (κ3) is 5.63. The van der Waals surface area contributed by atoms with Gasteiger partial charge in [0.25, 0.3) is 0 Å². The molecule has 1 atom stereocenters. The average Bonchev–Trinajstić information content (AvgIpc) is 3.10. The average molecular weight is 309 g/mol. The van der Waals surface area contributed by atoms with E-state index in [-0.39, 0.29) is 0 Å². The highest BCUT2D eigenvalue weighted by Crippen LogP contribution is 2.12. The molecule has 0 aliphatic heterocycles. The number of rotatable bonds is 9. The molecule has 0 aliphatic rings. The number of aliphatic hydroxyl groups is 1. The second kappa shape index (κ2) is 8.34. The Bertz CT molecular complexity index is 482. The molecule has 2 aromatic heterocycles. The summed E-state index contributed by atoms with van der Waals surface area (Å²) in [6.07, 6.45) is 1.12. The van der Waals surface area contributed by atoms with Crippen molar-refractivity contribution in [1.82, 2.24) is 4.90 Å². The van der Waals surface area contributed by atoms with Gasteiger partial charge in [-0.15, -0.1) is 0 Å². The Labute approximate surface area is 130 Å². The van der Waals surface area contributed by atoms with Gasteiger partial charge in [0.05, 0.1) is 19.0 Å². The van der Waals surface area contributed by atoms with Crippen LogP contribution in [0.3, 0.4) is 0 Å². The normalized spacial score (nSPS) is 13.2. The summed E-state index contributed by atoms with van der Waals surface area (Å²) in [6, 6.07) is 6.20. The van der Waals surface area contributed by atoms with E-state index < -0.39 is 6.10 Å². The predicted molar refractivity (Wildman–Crippen MR) is 84.2 cm³/mol. The van der Waals surface area contributed by atoms with Gasteiger partial charge in [-0.1, -0.05) is 0 Å². The van der Waals surface area contributed by atoms with Gasteiger partial charge in [-0.2, -0.15) is 11.3 Å². The molecule has 0 spiro atoms. The van der Waals surface area contributed by atoms with Crippen molar-refractivity contribution in [2.45, 2.75) is 39.1 Å².